The van der Waals surface area contributed by atoms with E-state index >= 15 is 0 Å². The van der Waals surface area contributed by atoms with Crippen LogP contribution in [-0.2, 0) is 4.79 Å². The summed E-state index contributed by atoms with van der Waals surface area (Å²) in [5.41, 5.74) is 0. The predicted molar refractivity (Wildman–Crippen MR) is 53.6 cm³/mol. The lowest BCUT2D eigenvalue weighted by atomic mass is 10.1. The highest BCUT2D eigenvalue weighted by Gasteiger charge is 2.13. The lowest BCUT2D eigenvalue weighted by Crippen LogP contribution is -2.39. The molecular formula is C10H20N2O. The van der Waals surface area contributed by atoms with Gasteiger partial charge in [0.2, 0.25) is 5.91 Å². The topological polar surface area (TPSA) is 41.1 Å². The number of hydrogen-bond donors (Lipinski definition) is 2. The van der Waals surface area contributed by atoms with Gasteiger partial charge in [0, 0.05) is 6.04 Å². The van der Waals surface area contributed by atoms with E-state index < -0.39 is 0 Å². The molecule has 0 aromatic carbocycles. The Hall–Kier alpha value is -0.570. The maximum absolute atomic E-state index is 11.2. The molecule has 1 aliphatic carbocycles. The van der Waals surface area contributed by atoms with E-state index in [1.54, 1.807) is 7.05 Å². The molecule has 0 atom stereocenters. The van der Waals surface area contributed by atoms with Gasteiger partial charge in [-0.3, -0.25) is 4.79 Å². The molecule has 13 heavy (non-hydrogen) atoms. The minimum atomic E-state index is 0.134. The van der Waals surface area contributed by atoms with Crippen LogP contribution in [-0.4, -0.2) is 25.5 Å². The number of likely N-dealkylation sites (N-methyl/N-ethyl adjacent to an activating group) is 1. The van der Waals surface area contributed by atoms with E-state index in [1.165, 1.54) is 25.7 Å². The van der Waals surface area contributed by atoms with Crippen molar-refractivity contribution in [1.82, 2.24) is 10.6 Å². The molecule has 1 saturated carbocycles. The van der Waals surface area contributed by atoms with Gasteiger partial charge < -0.3 is 10.6 Å². The molecule has 0 spiro atoms. The van der Waals surface area contributed by atoms with E-state index in [4.69, 9.17) is 0 Å². The summed E-state index contributed by atoms with van der Waals surface area (Å²) < 4.78 is 0. The van der Waals surface area contributed by atoms with Crippen LogP contribution >= 0.6 is 0 Å². The molecule has 0 aromatic rings. The van der Waals surface area contributed by atoms with Crippen molar-refractivity contribution in [2.24, 2.45) is 0 Å². The average molecular weight is 184 g/mol. The average Bonchev–Trinajstić information content (AvgIpc) is 2.33. The van der Waals surface area contributed by atoms with Crippen molar-refractivity contribution >= 4 is 5.91 Å². The van der Waals surface area contributed by atoms with Crippen LogP contribution in [0.4, 0.5) is 0 Å². The zero-order valence-corrected chi connectivity index (χ0v) is 8.44. The summed E-state index contributed by atoms with van der Waals surface area (Å²) in [5.74, 6) is 0.134. The third-order valence-corrected chi connectivity index (χ3v) is 2.56. The Labute approximate surface area is 80.3 Å². The molecule has 2 N–H and O–H groups in total. The standard InChI is InChI=1S/C10H20N2O/c1-11-8-10(13)12-9-6-4-2-3-5-7-9/h9,11H,2-8H2,1H3,(H,12,13). The van der Waals surface area contributed by atoms with Crippen molar-refractivity contribution in [3.63, 3.8) is 0 Å². The molecule has 0 aromatic heterocycles. The molecule has 1 fully saturated rings. The fourth-order valence-electron chi connectivity index (χ4n) is 1.86. The number of hydrogen-bond acceptors (Lipinski definition) is 2. The zero-order valence-electron chi connectivity index (χ0n) is 8.44. The third kappa shape index (κ3) is 4.27. The Bertz CT molecular complexity index is 151. The Morgan fingerprint density at radius 2 is 1.85 bits per heavy atom. The normalized spacial score (nSPS) is 19.5. The van der Waals surface area contributed by atoms with Gasteiger partial charge in [0.25, 0.3) is 0 Å². The van der Waals surface area contributed by atoms with E-state index in [1.807, 2.05) is 0 Å². The Kier molecular flexibility index (Phi) is 4.83. The van der Waals surface area contributed by atoms with Gasteiger partial charge in [-0.1, -0.05) is 25.7 Å². The second-order valence-corrected chi connectivity index (χ2v) is 3.79. The molecule has 0 bridgehead atoms. The van der Waals surface area contributed by atoms with Gasteiger partial charge in [-0.05, 0) is 19.9 Å². The number of nitrogens with one attached hydrogen (secondary N) is 2. The summed E-state index contributed by atoms with van der Waals surface area (Å²) in [6.07, 6.45) is 7.52. The van der Waals surface area contributed by atoms with Gasteiger partial charge in [-0.2, -0.15) is 0 Å². The molecule has 0 saturated heterocycles. The van der Waals surface area contributed by atoms with Crippen LogP contribution in [0.5, 0.6) is 0 Å². The van der Waals surface area contributed by atoms with Crippen LogP contribution in [0.2, 0.25) is 0 Å². The summed E-state index contributed by atoms with van der Waals surface area (Å²) in [6.45, 7) is 0.441. The Balaban J connectivity index is 2.21. The first-order chi connectivity index (χ1) is 6.33. The van der Waals surface area contributed by atoms with E-state index in [2.05, 4.69) is 10.6 Å². The Morgan fingerprint density at radius 3 is 2.38 bits per heavy atom. The lowest BCUT2D eigenvalue weighted by molar-refractivity contribution is -0.120. The SMILES string of the molecule is CNCC(=O)NC1CCCCCC1. The number of rotatable bonds is 3. The monoisotopic (exact) mass is 184 g/mol. The van der Waals surface area contributed by atoms with Gasteiger partial charge in [0.1, 0.15) is 0 Å². The molecule has 3 heteroatoms. The highest BCUT2D eigenvalue weighted by molar-refractivity contribution is 5.78. The minimum Gasteiger partial charge on any atom is -0.352 e. The van der Waals surface area contributed by atoms with Crippen molar-refractivity contribution < 1.29 is 4.79 Å². The zero-order chi connectivity index (χ0) is 9.52. The highest BCUT2D eigenvalue weighted by atomic mass is 16.1. The molecule has 0 radical (unpaired) electrons. The second kappa shape index (κ2) is 5.97. The molecule has 1 rings (SSSR count). The molecule has 3 nitrogen and oxygen atoms in total. The van der Waals surface area contributed by atoms with E-state index in [9.17, 15) is 4.79 Å². The first-order valence-corrected chi connectivity index (χ1v) is 5.27. The number of carbonyl (C=O) groups excluding carboxylic acids is 1. The summed E-state index contributed by atoms with van der Waals surface area (Å²) in [5, 5.41) is 5.92. The maximum atomic E-state index is 11.2. The summed E-state index contributed by atoms with van der Waals surface area (Å²) >= 11 is 0. The van der Waals surface area contributed by atoms with Crippen LogP contribution in [0, 0.1) is 0 Å². The fraction of sp³-hybridized carbons (Fsp3) is 0.900. The van der Waals surface area contributed by atoms with E-state index in [0.29, 0.717) is 12.6 Å². The lowest BCUT2D eigenvalue weighted by Gasteiger charge is -2.15. The number of amides is 1. The van der Waals surface area contributed by atoms with Crippen molar-refractivity contribution in [3.05, 3.63) is 0 Å². The molecule has 1 aliphatic rings. The molecule has 76 valence electrons. The van der Waals surface area contributed by atoms with Gasteiger partial charge in [0.15, 0.2) is 0 Å². The molecule has 0 unspecified atom stereocenters. The van der Waals surface area contributed by atoms with Crippen LogP contribution in [0.25, 0.3) is 0 Å². The van der Waals surface area contributed by atoms with Gasteiger partial charge >= 0.3 is 0 Å². The van der Waals surface area contributed by atoms with Gasteiger partial charge in [0.05, 0.1) is 6.54 Å². The van der Waals surface area contributed by atoms with Crippen LogP contribution in [0.15, 0.2) is 0 Å². The molecule has 1 amide bonds. The van der Waals surface area contributed by atoms with Gasteiger partial charge in [-0.15, -0.1) is 0 Å². The molecular weight excluding hydrogens is 164 g/mol. The fourth-order valence-corrected chi connectivity index (χ4v) is 1.86. The quantitative estimate of drug-likeness (QED) is 0.644. The van der Waals surface area contributed by atoms with E-state index in [-0.39, 0.29) is 5.91 Å². The molecule has 0 aliphatic heterocycles. The van der Waals surface area contributed by atoms with E-state index in [0.717, 1.165) is 12.8 Å². The van der Waals surface area contributed by atoms with Crippen molar-refractivity contribution in [1.29, 1.82) is 0 Å². The van der Waals surface area contributed by atoms with Crippen molar-refractivity contribution in [2.75, 3.05) is 13.6 Å². The first-order valence-electron chi connectivity index (χ1n) is 5.27. The van der Waals surface area contributed by atoms with Crippen molar-refractivity contribution in [3.8, 4) is 0 Å². The van der Waals surface area contributed by atoms with Crippen LogP contribution < -0.4 is 10.6 Å². The highest BCUT2D eigenvalue weighted by Crippen LogP contribution is 2.16. The van der Waals surface area contributed by atoms with Gasteiger partial charge in [-0.25, -0.2) is 0 Å². The predicted octanol–water partition coefficient (Wildman–Crippen LogP) is 1.04. The third-order valence-electron chi connectivity index (χ3n) is 2.56. The summed E-state index contributed by atoms with van der Waals surface area (Å²) in [7, 11) is 1.80. The minimum absolute atomic E-state index is 0.134. The maximum Gasteiger partial charge on any atom is 0.234 e. The van der Waals surface area contributed by atoms with Crippen LogP contribution in [0.3, 0.4) is 0 Å². The summed E-state index contributed by atoms with van der Waals surface area (Å²) in [6, 6.07) is 0.434. The summed E-state index contributed by atoms with van der Waals surface area (Å²) in [4.78, 5) is 11.2. The largest absolute Gasteiger partial charge is 0.352 e. The van der Waals surface area contributed by atoms with Crippen LogP contribution in [0.1, 0.15) is 38.5 Å². The second-order valence-electron chi connectivity index (χ2n) is 3.79. The molecule has 0 heterocycles. The first kappa shape index (κ1) is 10.5. The van der Waals surface area contributed by atoms with Crippen molar-refractivity contribution in [2.45, 2.75) is 44.6 Å². The smallest absolute Gasteiger partial charge is 0.234 e. The number of carbonyl (C=O) groups is 1. The Morgan fingerprint density at radius 1 is 1.23 bits per heavy atom.